The maximum Gasteiger partial charge on any atom is 0.0735 e. The van der Waals surface area contributed by atoms with Crippen LogP contribution in [0.25, 0.3) is 55.4 Å². The van der Waals surface area contributed by atoms with E-state index in [0.29, 0.717) is 0 Å². The molecule has 0 spiro atoms. The van der Waals surface area contributed by atoms with Gasteiger partial charge < -0.3 is 4.90 Å². The Hall–Kier alpha value is -5.47. The number of pyridine rings is 1. The van der Waals surface area contributed by atoms with E-state index in [0.717, 1.165) is 16.9 Å². The molecule has 1 aliphatic rings. The molecule has 2 heteroatoms. The van der Waals surface area contributed by atoms with Crippen LogP contribution in [0.1, 0.15) is 0 Å². The Balaban J connectivity index is 1.30. The van der Waals surface area contributed by atoms with E-state index in [1.54, 1.807) is 0 Å². The van der Waals surface area contributed by atoms with Crippen molar-refractivity contribution in [1.82, 2.24) is 4.98 Å². The summed E-state index contributed by atoms with van der Waals surface area (Å²) in [5, 5.41) is 1.18. The minimum absolute atomic E-state index is 1.00. The normalized spacial score (nSPS) is 11.9. The van der Waals surface area contributed by atoms with Crippen molar-refractivity contribution in [1.29, 1.82) is 0 Å². The molecule has 0 fully saturated rings. The number of para-hydroxylation sites is 1. The molecule has 2 heterocycles. The Morgan fingerprint density at radius 1 is 0.390 bits per heavy atom. The van der Waals surface area contributed by atoms with Crippen LogP contribution in [0.4, 0.5) is 17.1 Å². The standard InChI is InChI=1S/C39H26N2/c1-3-11-27(12-4-1)29-15-9-16-30(23-29)31-17-10-18-33(24-31)41-37-20-8-7-19-34(37)35-25-32(28-13-5-2-6-14-28)26-36-39(35)38(41)21-22-40-36/h1-26H. The molecule has 0 N–H and O–H groups in total. The highest BCUT2D eigenvalue weighted by atomic mass is 15.2. The van der Waals surface area contributed by atoms with Crippen molar-refractivity contribution in [3.63, 3.8) is 0 Å². The van der Waals surface area contributed by atoms with Gasteiger partial charge in [0.1, 0.15) is 0 Å². The minimum atomic E-state index is 1.00. The molecule has 0 saturated carbocycles. The molecule has 7 aromatic rings. The van der Waals surface area contributed by atoms with Crippen LogP contribution in [0.3, 0.4) is 0 Å². The zero-order valence-electron chi connectivity index (χ0n) is 22.4. The third-order valence-corrected chi connectivity index (χ3v) is 8.01. The Kier molecular flexibility index (Phi) is 5.49. The second-order valence-electron chi connectivity index (χ2n) is 10.5. The second-order valence-corrected chi connectivity index (χ2v) is 10.5. The van der Waals surface area contributed by atoms with Gasteiger partial charge in [-0.3, -0.25) is 4.98 Å². The molecule has 8 rings (SSSR count). The first kappa shape index (κ1) is 23.4. The highest BCUT2D eigenvalue weighted by Crippen LogP contribution is 2.51. The van der Waals surface area contributed by atoms with Crippen molar-refractivity contribution in [2.45, 2.75) is 0 Å². The maximum atomic E-state index is 4.85. The first-order valence-corrected chi connectivity index (χ1v) is 14.0. The molecule has 1 aromatic heterocycles. The fourth-order valence-corrected chi connectivity index (χ4v) is 6.10. The zero-order valence-corrected chi connectivity index (χ0v) is 22.4. The summed E-state index contributed by atoms with van der Waals surface area (Å²) < 4.78 is 0. The Morgan fingerprint density at radius 2 is 1.00 bits per heavy atom. The van der Waals surface area contributed by atoms with Crippen molar-refractivity contribution >= 4 is 28.0 Å². The van der Waals surface area contributed by atoms with Gasteiger partial charge in [-0.15, -0.1) is 0 Å². The smallest absolute Gasteiger partial charge is 0.0735 e. The molecule has 1 aliphatic heterocycles. The highest BCUT2D eigenvalue weighted by Gasteiger charge is 2.27. The molecule has 41 heavy (non-hydrogen) atoms. The predicted octanol–water partition coefficient (Wildman–Crippen LogP) is 10.7. The summed E-state index contributed by atoms with van der Waals surface area (Å²) in [6, 6.07) is 54.2. The van der Waals surface area contributed by atoms with Crippen molar-refractivity contribution in [3.8, 4) is 44.5 Å². The van der Waals surface area contributed by atoms with Crippen LogP contribution in [0, 0.1) is 0 Å². The Morgan fingerprint density at radius 3 is 1.78 bits per heavy atom. The van der Waals surface area contributed by atoms with Gasteiger partial charge in [0, 0.05) is 22.8 Å². The van der Waals surface area contributed by atoms with Gasteiger partial charge >= 0.3 is 0 Å². The summed E-state index contributed by atoms with van der Waals surface area (Å²) in [7, 11) is 0. The van der Waals surface area contributed by atoms with E-state index in [-0.39, 0.29) is 0 Å². The van der Waals surface area contributed by atoms with E-state index in [2.05, 4.69) is 157 Å². The van der Waals surface area contributed by atoms with Gasteiger partial charge in [0.2, 0.25) is 0 Å². The maximum absolute atomic E-state index is 4.85. The summed E-state index contributed by atoms with van der Waals surface area (Å²) in [4.78, 5) is 7.24. The molecule has 0 atom stereocenters. The summed E-state index contributed by atoms with van der Waals surface area (Å²) in [6.07, 6.45) is 1.93. The number of hydrogen-bond donors (Lipinski definition) is 0. The summed E-state index contributed by atoms with van der Waals surface area (Å²) in [5.41, 5.74) is 14.1. The fraction of sp³-hybridized carbons (Fsp3) is 0. The average Bonchev–Trinajstić information content (AvgIpc) is 3.06. The lowest BCUT2D eigenvalue weighted by molar-refractivity contribution is 1.26. The third kappa shape index (κ3) is 4.00. The van der Waals surface area contributed by atoms with Crippen LogP contribution < -0.4 is 4.90 Å². The van der Waals surface area contributed by atoms with Crippen LogP contribution in [0.15, 0.2) is 158 Å². The predicted molar refractivity (Wildman–Crippen MR) is 172 cm³/mol. The van der Waals surface area contributed by atoms with Gasteiger partial charge in [0.15, 0.2) is 0 Å². The molecule has 6 aromatic carbocycles. The molecule has 0 aliphatic carbocycles. The minimum Gasteiger partial charge on any atom is -0.309 e. The van der Waals surface area contributed by atoms with Crippen molar-refractivity contribution in [3.05, 3.63) is 158 Å². The summed E-state index contributed by atoms with van der Waals surface area (Å²) >= 11 is 0. The molecule has 0 radical (unpaired) electrons. The number of hydrogen-bond acceptors (Lipinski definition) is 2. The SMILES string of the molecule is c1ccc(-c2cccc(-c3cccc(N4c5ccccc5-c5cc(-c6ccccc6)cc6nccc4c56)c3)c2)cc1. The van der Waals surface area contributed by atoms with Crippen LogP contribution >= 0.6 is 0 Å². The molecular formula is C39H26N2. The molecule has 2 nitrogen and oxygen atoms in total. The number of aromatic nitrogens is 1. The first-order chi connectivity index (χ1) is 20.3. The van der Waals surface area contributed by atoms with Crippen molar-refractivity contribution in [2.75, 3.05) is 4.90 Å². The molecule has 0 unspecified atom stereocenters. The Bertz CT molecular complexity index is 2040. The number of anilines is 3. The van der Waals surface area contributed by atoms with Gasteiger partial charge in [-0.05, 0) is 81.4 Å². The van der Waals surface area contributed by atoms with E-state index in [1.807, 2.05) is 6.20 Å². The van der Waals surface area contributed by atoms with E-state index in [9.17, 15) is 0 Å². The molecule has 192 valence electrons. The number of rotatable bonds is 4. The van der Waals surface area contributed by atoms with Crippen molar-refractivity contribution in [2.24, 2.45) is 0 Å². The molecule has 0 saturated heterocycles. The number of fused-ring (bicyclic) bond motifs is 2. The van der Waals surface area contributed by atoms with E-state index in [4.69, 9.17) is 4.98 Å². The van der Waals surface area contributed by atoms with Crippen LogP contribution in [0.5, 0.6) is 0 Å². The van der Waals surface area contributed by atoms with Crippen LogP contribution in [-0.2, 0) is 0 Å². The van der Waals surface area contributed by atoms with Crippen LogP contribution in [0.2, 0.25) is 0 Å². The lowest BCUT2D eigenvalue weighted by Gasteiger charge is -2.33. The van der Waals surface area contributed by atoms with E-state index >= 15 is 0 Å². The van der Waals surface area contributed by atoms with Gasteiger partial charge in [-0.25, -0.2) is 0 Å². The van der Waals surface area contributed by atoms with Crippen molar-refractivity contribution < 1.29 is 0 Å². The van der Waals surface area contributed by atoms with Gasteiger partial charge in [-0.2, -0.15) is 0 Å². The third-order valence-electron chi connectivity index (χ3n) is 8.01. The lowest BCUT2D eigenvalue weighted by atomic mass is 9.89. The highest BCUT2D eigenvalue weighted by molar-refractivity contribution is 6.14. The summed E-state index contributed by atoms with van der Waals surface area (Å²) in [5.74, 6) is 0. The number of benzene rings is 6. The quantitative estimate of drug-likeness (QED) is 0.228. The number of nitrogens with zero attached hydrogens (tertiary/aromatic N) is 2. The molecule has 0 amide bonds. The topological polar surface area (TPSA) is 16.1 Å². The van der Waals surface area contributed by atoms with Gasteiger partial charge in [-0.1, -0.05) is 109 Å². The van der Waals surface area contributed by atoms with Crippen LogP contribution in [-0.4, -0.2) is 4.98 Å². The first-order valence-electron chi connectivity index (χ1n) is 14.0. The van der Waals surface area contributed by atoms with Gasteiger partial charge in [0.25, 0.3) is 0 Å². The second kappa shape index (κ2) is 9.62. The lowest BCUT2D eigenvalue weighted by Crippen LogP contribution is -2.15. The van der Waals surface area contributed by atoms with E-state index in [1.165, 1.54) is 55.6 Å². The van der Waals surface area contributed by atoms with Gasteiger partial charge in [0.05, 0.1) is 16.9 Å². The monoisotopic (exact) mass is 522 g/mol. The summed E-state index contributed by atoms with van der Waals surface area (Å²) in [6.45, 7) is 0. The zero-order chi connectivity index (χ0) is 27.2. The molecule has 0 bridgehead atoms. The fourth-order valence-electron chi connectivity index (χ4n) is 6.10. The average molecular weight is 523 g/mol. The molecular weight excluding hydrogens is 496 g/mol. The van der Waals surface area contributed by atoms with E-state index < -0.39 is 0 Å². The largest absolute Gasteiger partial charge is 0.309 e. The Labute approximate surface area is 239 Å².